The van der Waals surface area contributed by atoms with Gasteiger partial charge < -0.3 is 14.7 Å². The molecule has 5 nitrogen and oxygen atoms in total. The van der Waals surface area contributed by atoms with Crippen LogP contribution in [0, 0.1) is 0 Å². The molecular formula is C14H17NO4. The number of hydrogen-bond donors (Lipinski definition) is 1. The topological polar surface area (TPSA) is 66.8 Å². The van der Waals surface area contributed by atoms with E-state index in [9.17, 15) is 9.59 Å². The van der Waals surface area contributed by atoms with Gasteiger partial charge in [0.15, 0.2) is 0 Å². The molecule has 1 N–H and O–H groups in total. The van der Waals surface area contributed by atoms with Gasteiger partial charge in [-0.2, -0.15) is 0 Å². The number of ether oxygens (including phenoxy) is 1. The average Bonchev–Trinajstić information content (AvgIpc) is 2.46. The first-order valence-electron chi connectivity index (χ1n) is 6.35. The number of morpholine rings is 1. The molecule has 1 fully saturated rings. The third-order valence-electron chi connectivity index (χ3n) is 3.32. The number of amides is 1. The van der Waals surface area contributed by atoms with Crippen LogP contribution in [0.5, 0.6) is 0 Å². The molecule has 1 saturated heterocycles. The molecule has 1 amide bonds. The van der Waals surface area contributed by atoms with Crippen molar-refractivity contribution in [3.8, 4) is 0 Å². The summed E-state index contributed by atoms with van der Waals surface area (Å²) in [6, 6.07) is 6.21. The van der Waals surface area contributed by atoms with Gasteiger partial charge in [-0.3, -0.25) is 4.79 Å². The number of carboxylic acid groups (broad SMARTS) is 1. The third kappa shape index (κ3) is 2.93. The second-order valence-electron chi connectivity index (χ2n) is 4.52. The van der Waals surface area contributed by atoms with Crippen LogP contribution in [0.2, 0.25) is 0 Å². The molecule has 0 saturated carbocycles. The summed E-state index contributed by atoms with van der Waals surface area (Å²) in [5, 5.41) is 8.95. The van der Waals surface area contributed by atoms with E-state index in [4.69, 9.17) is 9.84 Å². The SMILES string of the molecule is CCC1COCCN1C(=O)c1cccc(C(=O)O)c1. The van der Waals surface area contributed by atoms with Crippen molar-refractivity contribution in [2.24, 2.45) is 0 Å². The summed E-state index contributed by atoms with van der Waals surface area (Å²) < 4.78 is 5.36. The second-order valence-corrected chi connectivity index (χ2v) is 4.52. The van der Waals surface area contributed by atoms with E-state index in [2.05, 4.69) is 0 Å². The zero-order valence-electron chi connectivity index (χ0n) is 10.8. The first-order valence-corrected chi connectivity index (χ1v) is 6.35. The molecule has 1 aromatic rings. The van der Waals surface area contributed by atoms with Crippen molar-refractivity contribution in [3.63, 3.8) is 0 Å². The number of carboxylic acids is 1. The maximum absolute atomic E-state index is 12.4. The Kier molecular flexibility index (Phi) is 4.16. The maximum Gasteiger partial charge on any atom is 0.335 e. The minimum Gasteiger partial charge on any atom is -0.478 e. The molecule has 1 aromatic carbocycles. The monoisotopic (exact) mass is 263 g/mol. The van der Waals surface area contributed by atoms with Crippen LogP contribution >= 0.6 is 0 Å². The highest BCUT2D eigenvalue weighted by Crippen LogP contribution is 2.15. The van der Waals surface area contributed by atoms with E-state index in [1.807, 2.05) is 6.92 Å². The number of hydrogen-bond acceptors (Lipinski definition) is 3. The second kappa shape index (κ2) is 5.84. The fraction of sp³-hybridized carbons (Fsp3) is 0.429. The lowest BCUT2D eigenvalue weighted by Crippen LogP contribution is -2.48. The third-order valence-corrected chi connectivity index (χ3v) is 3.32. The molecule has 0 spiro atoms. The first kappa shape index (κ1) is 13.5. The molecule has 102 valence electrons. The van der Waals surface area contributed by atoms with Gasteiger partial charge in [0.05, 0.1) is 24.8 Å². The van der Waals surface area contributed by atoms with Crippen LogP contribution in [0.15, 0.2) is 24.3 Å². The number of nitrogens with zero attached hydrogens (tertiary/aromatic N) is 1. The Hall–Kier alpha value is -1.88. The number of aromatic carboxylic acids is 1. The van der Waals surface area contributed by atoms with Crippen LogP contribution in [0.4, 0.5) is 0 Å². The molecule has 19 heavy (non-hydrogen) atoms. The van der Waals surface area contributed by atoms with Gasteiger partial charge in [0.1, 0.15) is 0 Å². The lowest BCUT2D eigenvalue weighted by atomic mass is 10.1. The Bertz CT molecular complexity index is 486. The fourth-order valence-corrected chi connectivity index (χ4v) is 2.21. The van der Waals surface area contributed by atoms with Gasteiger partial charge in [-0.1, -0.05) is 13.0 Å². The zero-order valence-corrected chi connectivity index (χ0v) is 10.8. The van der Waals surface area contributed by atoms with Crippen molar-refractivity contribution < 1.29 is 19.4 Å². The first-order chi connectivity index (χ1) is 9.13. The van der Waals surface area contributed by atoms with Crippen LogP contribution in [-0.4, -0.2) is 47.7 Å². The van der Waals surface area contributed by atoms with Gasteiger partial charge in [0.2, 0.25) is 0 Å². The summed E-state index contributed by atoms with van der Waals surface area (Å²) in [7, 11) is 0. The normalized spacial score (nSPS) is 19.2. The van der Waals surface area contributed by atoms with Crippen LogP contribution in [0.1, 0.15) is 34.1 Å². The molecule has 0 aliphatic carbocycles. The van der Waals surface area contributed by atoms with Gasteiger partial charge >= 0.3 is 5.97 Å². The van der Waals surface area contributed by atoms with Gasteiger partial charge in [-0.25, -0.2) is 4.79 Å². The minimum atomic E-state index is -1.02. The standard InChI is InChI=1S/C14H17NO4/c1-2-12-9-19-7-6-15(12)13(16)10-4-3-5-11(8-10)14(17)18/h3-5,8,12H,2,6-7,9H2,1H3,(H,17,18). The van der Waals surface area contributed by atoms with E-state index >= 15 is 0 Å². The average molecular weight is 263 g/mol. The summed E-state index contributed by atoms with van der Waals surface area (Å²) in [5.41, 5.74) is 0.549. The van der Waals surface area contributed by atoms with Crippen molar-refractivity contribution in [1.82, 2.24) is 4.90 Å². The molecule has 1 unspecified atom stereocenters. The van der Waals surface area contributed by atoms with Gasteiger partial charge in [-0.15, -0.1) is 0 Å². The van der Waals surface area contributed by atoms with Crippen molar-refractivity contribution in [3.05, 3.63) is 35.4 Å². The van der Waals surface area contributed by atoms with E-state index in [0.29, 0.717) is 25.3 Å². The highest BCUT2D eigenvalue weighted by Gasteiger charge is 2.26. The molecule has 1 atom stereocenters. The Morgan fingerprint density at radius 3 is 2.84 bits per heavy atom. The maximum atomic E-state index is 12.4. The molecule has 2 rings (SSSR count). The molecule has 1 heterocycles. The quantitative estimate of drug-likeness (QED) is 0.900. The smallest absolute Gasteiger partial charge is 0.335 e. The Labute approximate surface area is 111 Å². The van der Waals surface area contributed by atoms with Crippen molar-refractivity contribution in [1.29, 1.82) is 0 Å². The summed E-state index contributed by atoms with van der Waals surface area (Å²) in [4.78, 5) is 25.1. The predicted molar refractivity (Wildman–Crippen MR) is 69.3 cm³/mol. The zero-order chi connectivity index (χ0) is 13.8. The lowest BCUT2D eigenvalue weighted by Gasteiger charge is -2.35. The summed E-state index contributed by atoms with van der Waals surface area (Å²) in [6.45, 7) is 3.63. The van der Waals surface area contributed by atoms with E-state index in [0.717, 1.165) is 6.42 Å². The van der Waals surface area contributed by atoms with Crippen molar-refractivity contribution in [2.75, 3.05) is 19.8 Å². The van der Waals surface area contributed by atoms with Crippen molar-refractivity contribution >= 4 is 11.9 Å². The van der Waals surface area contributed by atoms with Crippen molar-refractivity contribution in [2.45, 2.75) is 19.4 Å². The summed E-state index contributed by atoms with van der Waals surface area (Å²) in [5.74, 6) is -1.15. The van der Waals surface area contributed by atoms with E-state index in [-0.39, 0.29) is 17.5 Å². The van der Waals surface area contributed by atoms with Gasteiger partial charge in [-0.05, 0) is 24.6 Å². The molecule has 1 aliphatic heterocycles. The lowest BCUT2D eigenvalue weighted by molar-refractivity contribution is -0.00280. The highest BCUT2D eigenvalue weighted by molar-refractivity contribution is 5.97. The molecular weight excluding hydrogens is 246 g/mol. The number of carbonyl (C=O) groups is 2. The predicted octanol–water partition coefficient (Wildman–Crippen LogP) is 1.64. The van der Waals surface area contributed by atoms with Crippen LogP contribution < -0.4 is 0 Å². The number of rotatable bonds is 3. The van der Waals surface area contributed by atoms with Crippen LogP contribution in [0.3, 0.4) is 0 Å². The summed E-state index contributed by atoms with van der Waals surface area (Å²) >= 11 is 0. The Morgan fingerprint density at radius 1 is 1.42 bits per heavy atom. The molecule has 0 radical (unpaired) electrons. The molecule has 1 aliphatic rings. The number of carbonyl (C=O) groups excluding carboxylic acids is 1. The van der Waals surface area contributed by atoms with Crippen LogP contribution in [0.25, 0.3) is 0 Å². The van der Waals surface area contributed by atoms with E-state index < -0.39 is 5.97 Å². The molecule has 0 bridgehead atoms. The summed E-state index contributed by atoms with van der Waals surface area (Å²) in [6.07, 6.45) is 0.824. The van der Waals surface area contributed by atoms with E-state index in [1.54, 1.807) is 17.0 Å². The minimum absolute atomic E-state index is 0.0646. The van der Waals surface area contributed by atoms with Gasteiger partial charge in [0, 0.05) is 12.1 Å². The Balaban J connectivity index is 2.22. The number of benzene rings is 1. The van der Waals surface area contributed by atoms with E-state index in [1.165, 1.54) is 12.1 Å². The highest BCUT2D eigenvalue weighted by atomic mass is 16.5. The van der Waals surface area contributed by atoms with Gasteiger partial charge in [0.25, 0.3) is 5.91 Å². The van der Waals surface area contributed by atoms with Crippen LogP contribution in [-0.2, 0) is 4.74 Å². The fourth-order valence-electron chi connectivity index (χ4n) is 2.21. The Morgan fingerprint density at radius 2 is 2.16 bits per heavy atom. The molecule has 0 aromatic heterocycles. The largest absolute Gasteiger partial charge is 0.478 e. The molecule has 5 heteroatoms.